The summed E-state index contributed by atoms with van der Waals surface area (Å²) in [6.45, 7) is 1.63. The minimum absolute atomic E-state index is 0. The first-order valence-electron chi connectivity index (χ1n) is 7.37. The average Bonchev–Trinajstić information content (AvgIpc) is 2.83. The van der Waals surface area contributed by atoms with Crippen molar-refractivity contribution < 1.29 is 13.6 Å². The minimum Gasteiger partial charge on any atom is -0.339 e. The molecular formula is C16H23ClF2N2O. The molecule has 3 atom stereocenters. The number of nitrogens with zero attached hydrogens (tertiary/aromatic N) is 1. The van der Waals surface area contributed by atoms with Crippen molar-refractivity contribution in [3.8, 4) is 0 Å². The predicted octanol–water partition coefficient (Wildman–Crippen LogP) is 3.42. The molecule has 1 saturated carbocycles. The number of benzene rings is 1. The summed E-state index contributed by atoms with van der Waals surface area (Å²) in [5.41, 5.74) is 5.91. The van der Waals surface area contributed by atoms with Crippen LogP contribution in [0.1, 0.15) is 44.2 Å². The van der Waals surface area contributed by atoms with Crippen molar-refractivity contribution in [2.24, 2.45) is 11.7 Å². The minimum atomic E-state index is -0.642. The van der Waals surface area contributed by atoms with E-state index in [9.17, 15) is 13.6 Å². The second-order valence-corrected chi connectivity index (χ2v) is 5.87. The van der Waals surface area contributed by atoms with Crippen molar-refractivity contribution in [3.63, 3.8) is 0 Å². The van der Waals surface area contributed by atoms with Crippen LogP contribution in [-0.4, -0.2) is 23.9 Å². The highest BCUT2D eigenvalue weighted by Gasteiger charge is 2.29. The Morgan fingerprint density at radius 2 is 1.95 bits per heavy atom. The molecule has 6 heteroatoms. The molecule has 1 aromatic carbocycles. The van der Waals surface area contributed by atoms with E-state index in [1.165, 1.54) is 23.1 Å². The zero-order chi connectivity index (χ0) is 15.6. The average molecular weight is 333 g/mol. The maximum absolute atomic E-state index is 13.8. The molecular weight excluding hydrogens is 310 g/mol. The number of nitrogens with two attached hydrogens (primary N) is 1. The van der Waals surface area contributed by atoms with Gasteiger partial charge in [-0.25, -0.2) is 8.78 Å². The van der Waals surface area contributed by atoms with E-state index in [1.807, 2.05) is 0 Å². The van der Waals surface area contributed by atoms with Crippen LogP contribution in [0.25, 0.3) is 0 Å². The lowest BCUT2D eigenvalue weighted by Crippen LogP contribution is -2.35. The molecule has 1 aromatic rings. The van der Waals surface area contributed by atoms with Crippen LogP contribution in [0, 0.1) is 17.6 Å². The van der Waals surface area contributed by atoms with E-state index in [-0.39, 0.29) is 35.8 Å². The van der Waals surface area contributed by atoms with Gasteiger partial charge in [-0.1, -0.05) is 12.5 Å². The number of halogens is 3. The van der Waals surface area contributed by atoms with Crippen LogP contribution >= 0.6 is 12.4 Å². The molecule has 1 amide bonds. The van der Waals surface area contributed by atoms with Crippen molar-refractivity contribution in [2.45, 2.75) is 44.7 Å². The number of hydrogen-bond donors (Lipinski definition) is 1. The first-order chi connectivity index (χ1) is 9.91. The van der Waals surface area contributed by atoms with Gasteiger partial charge in [-0.3, -0.25) is 4.79 Å². The third-order valence-electron chi connectivity index (χ3n) is 4.55. The third-order valence-corrected chi connectivity index (χ3v) is 4.55. The Hall–Kier alpha value is -1.20. The molecule has 22 heavy (non-hydrogen) atoms. The Morgan fingerprint density at radius 3 is 2.45 bits per heavy atom. The van der Waals surface area contributed by atoms with Gasteiger partial charge in [0.15, 0.2) is 0 Å². The fraction of sp³-hybridized carbons (Fsp3) is 0.562. The van der Waals surface area contributed by atoms with Crippen molar-refractivity contribution in [1.82, 2.24) is 4.90 Å². The molecule has 3 nitrogen and oxygen atoms in total. The van der Waals surface area contributed by atoms with E-state index in [0.29, 0.717) is 6.42 Å². The van der Waals surface area contributed by atoms with Crippen LogP contribution < -0.4 is 5.73 Å². The number of carbonyl (C=O) groups excluding carboxylic acids is 1. The lowest BCUT2D eigenvalue weighted by Gasteiger charge is -2.27. The van der Waals surface area contributed by atoms with Gasteiger partial charge >= 0.3 is 0 Å². The molecule has 1 fully saturated rings. The largest absolute Gasteiger partial charge is 0.339 e. The highest BCUT2D eigenvalue weighted by Crippen LogP contribution is 2.30. The van der Waals surface area contributed by atoms with Crippen molar-refractivity contribution in [3.05, 3.63) is 35.4 Å². The Bertz CT molecular complexity index is 507. The molecule has 2 rings (SSSR count). The predicted molar refractivity (Wildman–Crippen MR) is 84.7 cm³/mol. The van der Waals surface area contributed by atoms with E-state index >= 15 is 0 Å². The number of rotatable bonds is 4. The Labute approximate surface area is 136 Å². The van der Waals surface area contributed by atoms with Crippen molar-refractivity contribution >= 4 is 18.3 Å². The van der Waals surface area contributed by atoms with Gasteiger partial charge in [0, 0.05) is 25.1 Å². The van der Waals surface area contributed by atoms with E-state index in [1.54, 1.807) is 14.0 Å². The molecule has 1 aliphatic carbocycles. The van der Waals surface area contributed by atoms with E-state index in [0.717, 1.165) is 19.3 Å². The van der Waals surface area contributed by atoms with Crippen LogP contribution in [0.5, 0.6) is 0 Å². The van der Waals surface area contributed by atoms with Crippen molar-refractivity contribution in [2.75, 3.05) is 7.05 Å². The maximum Gasteiger partial charge on any atom is 0.223 e. The van der Waals surface area contributed by atoms with E-state index in [2.05, 4.69) is 0 Å². The summed E-state index contributed by atoms with van der Waals surface area (Å²) in [5.74, 6) is -1.19. The first kappa shape index (κ1) is 18.8. The van der Waals surface area contributed by atoms with Gasteiger partial charge in [0.2, 0.25) is 5.91 Å². The normalized spacial score (nSPS) is 22.0. The summed E-state index contributed by atoms with van der Waals surface area (Å²) in [5, 5.41) is 0. The van der Waals surface area contributed by atoms with Crippen LogP contribution in [0.15, 0.2) is 18.2 Å². The van der Waals surface area contributed by atoms with Crippen LogP contribution in [-0.2, 0) is 4.79 Å². The maximum atomic E-state index is 13.8. The Balaban J connectivity index is 0.00000242. The smallest absolute Gasteiger partial charge is 0.223 e. The molecule has 0 aromatic heterocycles. The SMILES string of the molecule is CC(c1c(F)cccc1F)N(C)C(=O)C[C@@H]1CCC[C@H]1N.Cl. The van der Waals surface area contributed by atoms with Gasteiger partial charge in [-0.05, 0) is 37.8 Å². The molecule has 0 saturated heterocycles. The van der Waals surface area contributed by atoms with Gasteiger partial charge in [0.05, 0.1) is 6.04 Å². The van der Waals surface area contributed by atoms with Gasteiger partial charge in [-0.2, -0.15) is 0 Å². The summed E-state index contributed by atoms with van der Waals surface area (Å²) in [6.07, 6.45) is 3.28. The number of carbonyl (C=O) groups is 1. The lowest BCUT2D eigenvalue weighted by atomic mass is 9.98. The highest BCUT2D eigenvalue weighted by molar-refractivity contribution is 5.85. The Kier molecular flexibility index (Phi) is 6.75. The molecule has 1 unspecified atom stereocenters. The van der Waals surface area contributed by atoms with Gasteiger partial charge in [0.1, 0.15) is 11.6 Å². The fourth-order valence-corrected chi connectivity index (χ4v) is 3.01. The van der Waals surface area contributed by atoms with Crippen LogP contribution in [0.3, 0.4) is 0 Å². The second kappa shape index (κ2) is 7.88. The number of hydrogen-bond acceptors (Lipinski definition) is 2. The summed E-state index contributed by atoms with van der Waals surface area (Å²) >= 11 is 0. The van der Waals surface area contributed by atoms with Gasteiger partial charge in [0.25, 0.3) is 0 Å². The first-order valence-corrected chi connectivity index (χ1v) is 7.37. The Morgan fingerprint density at radius 1 is 1.36 bits per heavy atom. The van der Waals surface area contributed by atoms with Gasteiger partial charge < -0.3 is 10.6 Å². The summed E-state index contributed by atoms with van der Waals surface area (Å²) in [6, 6.07) is 3.15. The quantitative estimate of drug-likeness (QED) is 0.918. The molecule has 1 aliphatic rings. The number of amides is 1. The molecule has 124 valence electrons. The molecule has 0 radical (unpaired) electrons. The molecule has 0 aliphatic heterocycles. The van der Waals surface area contributed by atoms with Gasteiger partial charge in [-0.15, -0.1) is 12.4 Å². The molecule has 0 bridgehead atoms. The van der Waals surface area contributed by atoms with E-state index in [4.69, 9.17) is 5.73 Å². The van der Waals surface area contributed by atoms with Crippen molar-refractivity contribution in [1.29, 1.82) is 0 Å². The monoisotopic (exact) mass is 332 g/mol. The fourth-order valence-electron chi connectivity index (χ4n) is 3.01. The molecule has 0 spiro atoms. The zero-order valence-corrected chi connectivity index (χ0v) is 13.7. The summed E-state index contributed by atoms with van der Waals surface area (Å²) in [7, 11) is 1.58. The summed E-state index contributed by atoms with van der Waals surface area (Å²) < 4.78 is 27.6. The lowest BCUT2D eigenvalue weighted by molar-refractivity contribution is -0.133. The van der Waals surface area contributed by atoms with Crippen LogP contribution in [0.4, 0.5) is 8.78 Å². The standard InChI is InChI=1S/C16H22F2N2O.ClH/c1-10(16-12(17)6-4-7-13(16)18)20(2)15(21)9-11-5-3-8-14(11)19;/h4,6-7,10-11,14H,3,5,8-9,19H2,1-2H3;1H/t10?,11-,14+;/m0./s1. The molecule has 0 heterocycles. The highest BCUT2D eigenvalue weighted by atomic mass is 35.5. The topological polar surface area (TPSA) is 46.3 Å². The van der Waals surface area contributed by atoms with Crippen LogP contribution in [0.2, 0.25) is 0 Å². The second-order valence-electron chi connectivity index (χ2n) is 5.87. The third kappa shape index (κ3) is 3.96. The zero-order valence-electron chi connectivity index (χ0n) is 12.9. The molecule has 2 N–H and O–H groups in total. The summed E-state index contributed by atoms with van der Waals surface area (Å²) in [4.78, 5) is 13.7. The van der Waals surface area contributed by atoms with E-state index < -0.39 is 17.7 Å².